The van der Waals surface area contributed by atoms with Crippen molar-refractivity contribution in [1.29, 1.82) is 0 Å². The van der Waals surface area contributed by atoms with Gasteiger partial charge in [0.2, 0.25) is 11.8 Å². The van der Waals surface area contributed by atoms with Gasteiger partial charge in [-0.2, -0.15) is 0 Å². The van der Waals surface area contributed by atoms with Crippen molar-refractivity contribution in [2.45, 2.75) is 43.1 Å². The first kappa shape index (κ1) is 56.1. The van der Waals surface area contributed by atoms with Crippen molar-refractivity contribution in [1.82, 2.24) is 40.5 Å². The molecule has 5 saturated heterocycles. The van der Waals surface area contributed by atoms with Gasteiger partial charge in [-0.1, -0.05) is 59.6 Å². The van der Waals surface area contributed by atoms with Crippen molar-refractivity contribution in [2.24, 2.45) is 5.41 Å². The molecule has 5 aliphatic heterocycles. The SMILES string of the molecule is C=CC(=O)N[C@H]1COC[C@H]1Nc1cc2c(N3CCC4(COC(COc5cc(OC)c(Cl)c(-c6nc(N7CCOCC7)c7cc(N[C@@H]8COC[C@@H]8NC(=O)C=C)ncc7n6)c5Cl)C4)C3)nc(-c3c(Cl)c(OC)cc(OC)c3Cl)nc2cn1. The van der Waals surface area contributed by atoms with Crippen LogP contribution < -0.4 is 50.0 Å². The van der Waals surface area contributed by atoms with E-state index < -0.39 is 0 Å². The number of nitrogens with zero attached hydrogens (tertiary/aromatic N) is 8. The summed E-state index contributed by atoms with van der Waals surface area (Å²) in [4.78, 5) is 58.5. The summed E-state index contributed by atoms with van der Waals surface area (Å²) in [7, 11) is 4.53. The quantitative estimate of drug-likeness (QED) is 0.0622. The maximum Gasteiger partial charge on any atom is 0.243 e. The molecule has 0 aliphatic carbocycles. The number of amides is 2. The Bertz CT molecular complexity index is 3410. The first-order valence-electron chi connectivity index (χ1n) is 26.2. The zero-order valence-electron chi connectivity index (χ0n) is 44.5. The minimum atomic E-state index is -0.322. The third-order valence-corrected chi connectivity index (χ3v) is 16.6. The number of anilines is 4. The van der Waals surface area contributed by atoms with E-state index in [1.165, 1.54) is 33.5 Å². The van der Waals surface area contributed by atoms with Crippen LogP contribution in [0.1, 0.15) is 12.8 Å². The normalized spacial score (nSPS) is 22.5. The Morgan fingerprint density at radius 2 is 1.14 bits per heavy atom. The molecule has 9 heterocycles. The van der Waals surface area contributed by atoms with Gasteiger partial charge in [0.05, 0.1) is 152 Å². The van der Waals surface area contributed by atoms with Gasteiger partial charge < -0.3 is 69.0 Å². The van der Waals surface area contributed by atoms with Gasteiger partial charge in [0.25, 0.3) is 0 Å². The molecule has 426 valence electrons. The highest BCUT2D eigenvalue weighted by Crippen LogP contribution is 2.49. The summed E-state index contributed by atoms with van der Waals surface area (Å²) in [5, 5.41) is 15.0. The number of rotatable bonds is 18. The molecule has 5 fully saturated rings. The Kier molecular flexibility index (Phi) is 16.6. The first-order valence-corrected chi connectivity index (χ1v) is 27.7. The molecule has 2 unspecified atom stereocenters. The Morgan fingerprint density at radius 3 is 1.64 bits per heavy atom. The number of hydrogen-bond acceptors (Lipinski definition) is 20. The van der Waals surface area contributed by atoms with Crippen LogP contribution in [0.2, 0.25) is 20.1 Å². The highest BCUT2D eigenvalue weighted by Gasteiger charge is 2.46. The number of aromatic nitrogens is 6. The third-order valence-electron chi connectivity index (χ3n) is 15.1. The number of fused-ring (bicyclic) bond motifs is 2. The number of pyridine rings is 2. The van der Waals surface area contributed by atoms with E-state index in [0.29, 0.717) is 153 Å². The van der Waals surface area contributed by atoms with Gasteiger partial charge in [-0.05, 0) is 37.1 Å². The predicted molar refractivity (Wildman–Crippen MR) is 308 cm³/mol. The highest BCUT2D eigenvalue weighted by molar-refractivity contribution is 6.41. The number of carbonyl (C=O) groups is 2. The molecule has 0 saturated carbocycles. The van der Waals surface area contributed by atoms with Gasteiger partial charge in [-0.3, -0.25) is 9.59 Å². The Labute approximate surface area is 486 Å². The summed E-state index contributed by atoms with van der Waals surface area (Å²) in [5.74, 6) is 3.54. The molecule has 22 nitrogen and oxygen atoms in total. The van der Waals surface area contributed by atoms with Crippen LogP contribution >= 0.6 is 46.4 Å². The van der Waals surface area contributed by atoms with Crippen LogP contribution in [-0.2, 0) is 28.5 Å². The zero-order chi connectivity index (χ0) is 56.5. The molecular weight excluding hydrogens is 1130 g/mol. The second kappa shape index (κ2) is 24.0. The van der Waals surface area contributed by atoms with Crippen LogP contribution in [0.4, 0.5) is 23.3 Å². The molecule has 0 radical (unpaired) electrons. The number of halogens is 4. The van der Waals surface area contributed by atoms with E-state index in [2.05, 4.69) is 44.2 Å². The molecule has 6 aromatic rings. The number of carbonyl (C=O) groups excluding carboxylic acids is 2. The van der Waals surface area contributed by atoms with Crippen LogP contribution in [0.5, 0.6) is 23.0 Å². The number of ether oxygens (including phenoxy) is 8. The van der Waals surface area contributed by atoms with Crippen LogP contribution in [-0.4, -0.2) is 172 Å². The van der Waals surface area contributed by atoms with Gasteiger partial charge in [0, 0.05) is 54.5 Å². The van der Waals surface area contributed by atoms with E-state index in [9.17, 15) is 9.59 Å². The van der Waals surface area contributed by atoms with Crippen LogP contribution in [0.15, 0.2) is 62.0 Å². The maximum absolute atomic E-state index is 12.3. The lowest BCUT2D eigenvalue weighted by Crippen LogP contribution is -2.45. The third kappa shape index (κ3) is 11.4. The van der Waals surface area contributed by atoms with E-state index >= 15 is 0 Å². The van der Waals surface area contributed by atoms with E-state index in [1.54, 1.807) is 24.5 Å². The topological polar surface area (TPSA) is 240 Å². The van der Waals surface area contributed by atoms with Gasteiger partial charge in [-0.25, -0.2) is 29.9 Å². The van der Waals surface area contributed by atoms with Gasteiger partial charge in [-0.15, -0.1) is 0 Å². The fraction of sp³-hybridized carbons (Fsp3) is 0.418. The number of hydrogen-bond donors (Lipinski definition) is 4. The summed E-state index contributed by atoms with van der Waals surface area (Å²) < 4.78 is 47.3. The fourth-order valence-corrected chi connectivity index (χ4v) is 12.2. The predicted octanol–water partition coefficient (Wildman–Crippen LogP) is 7.20. The molecule has 26 heteroatoms. The minimum Gasteiger partial charge on any atom is -0.495 e. The van der Waals surface area contributed by atoms with Crippen molar-refractivity contribution in [3.8, 4) is 45.8 Å². The molecule has 4 N–H and O–H groups in total. The Morgan fingerprint density at radius 1 is 0.654 bits per heavy atom. The van der Waals surface area contributed by atoms with Gasteiger partial charge in [0.1, 0.15) is 52.9 Å². The standard InChI is InChI=1S/C55H58Cl4N12O10/c1-6-43(72)64-35-24-78-22-33(35)62-41-14-29-31(19-60-41)66-52(68-53(29)70-10-12-77-13-11-70)46-49(58)39(76-5)17-40(50(46)59)80-21-28-18-55(27-81-28)8-9-71(26-55)54-30-15-42(63-34-23-79-25-36(34)65-44(73)7-2)61-20-32(30)67-51(69-54)45-47(56)37(74-3)16-38(75-4)48(45)57/h6-7,14-17,19-20,28,33-36H,1-2,8-13,18,21-27H2,3-5H3,(H,60,62)(H,61,63)(H,64,72)(H,65,73)/t28?,33-,34-,35+,36+,55?/m1/s1. The summed E-state index contributed by atoms with van der Waals surface area (Å²) in [6, 6.07) is 5.94. The molecule has 6 atom stereocenters. The van der Waals surface area contributed by atoms with Crippen LogP contribution in [0.25, 0.3) is 44.6 Å². The Hall–Kier alpha value is -6.76. The molecule has 11 rings (SSSR count). The van der Waals surface area contributed by atoms with E-state index in [-0.39, 0.29) is 85.8 Å². The van der Waals surface area contributed by atoms with Crippen molar-refractivity contribution < 1.29 is 47.5 Å². The monoisotopic (exact) mass is 1190 g/mol. The zero-order valence-corrected chi connectivity index (χ0v) is 47.5. The number of methoxy groups -OCH3 is 3. The Balaban J connectivity index is 0.858. The van der Waals surface area contributed by atoms with E-state index in [4.69, 9.17) is 114 Å². The minimum absolute atomic E-state index is 0.155. The molecule has 1 spiro atoms. The number of benzene rings is 2. The van der Waals surface area contributed by atoms with Gasteiger partial charge >= 0.3 is 0 Å². The van der Waals surface area contributed by atoms with Crippen molar-refractivity contribution in [2.75, 3.05) is 121 Å². The van der Waals surface area contributed by atoms with Crippen molar-refractivity contribution in [3.63, 3.8) is 0 Å². The molecule has 4 aromatic heterocycles. The second-order valence-corrected chi connectivity index (χ2v) is 21.7. The molecule has 2 aromatic carbocycles. The van der Waals surface area contributed by atoms with Crippen LogP contribution in [0.3, 0.4) is 0 Å². The summed E-state index contributed by atoms with van der Waals surface area (Å²) >= 11 is 28.4. The van der Waals surface area contributed by atoms with Crippen molar-refractivity contribution >= 4 is 103 Å². The largest absolute Gasteiger partial charge is 0.495 e. The van der Waals surface area contributed by atoms with E-state index in [1.807, 2.05) is 12.1 Å². The summed E-state index contributed by atoms with van der Waals surface area (Å²) in [6.45, 7) is 12.5. The lowest BCUT2D eigenvalue weighted by molar-refractivity contribution is -0.118. The lowest BCUT2D eigenvalue weighted by Gasteiger charge is -2.29. The number of nitrogens with one attached hydrogen (secondary N) is 4. The second-order valence-electron chi connectivity index (χ2n) is 20.2. The summed E-state index contributed by atoms with van der Waals surface area (Å²) in [5.41, 5.74) is 1.44. The van der Waals surface area contributed by atoms with Crippen LogP contribution in [0, 0.1) is 5.41 Å². The van der Waals surface area contributed by atoms with E-state index in [0.717, 1.165) is 11.8 Å². The smallest absolute Gasteiger partial charge is 0.243 e. The summed E-state index contributed by atoms with van der Waals surface area (Å²) in [6.07, 6.45) is 6.90. The van der Waals surface area contributed by atoms with Crippen molar-refractivity contribution in [3.05, 3.63) is 82.1 Å². The molecule has 2 amide bonds. The molecular formula is C55H58Cl4N12O10. The lowest BCUT2D eigenvalue weighted by atomic mass is 9.85. The maximum atomic E-state index is 12.3. The molecule has 5 aliphatic rings. The fourth-order valence-electron chi connectivity index (χ4n) is 10.9. The highest BCUT2D eigenvalue weighted by atomic mass is 35.5. The number of morpholine rings is 1. The average molecular weight is 1190 g/mol. The molecule has 0 bridgehead atoms. The average Bonchev–Trinajstić information content (AvgIpc) is 4.46. The first-order chi connectivity index (χ1) is 39.3. The van der Waals surface area contributed by atoms with Gasteiger partial charge in [0.15, 0.2) is 11.6 Å². The molecule has 81 heavy (non-hydrogen) atoms.